The number of aromatic nitrogens is 4. The van der Waals surface area contributed by atoms with Gasteiger partial charge in [0.15, 0.2) is 10.9 Å². The molecule has 4 heterocycles. The van der Waals surface area contributed by atoms with Gasteiger partial charge in [0.2, 0.25) is 11.2 Å². The molecule has 0 aliphatic heterocycles. The second kappa shape index (κ2) is 7.65. The number of nitrogens with one attached hydrogen (secondary N) is 1. The van der Waals surface area contributed by atoms with Crippen LogP contribution in [0.4, 0.5) is 0 Å². The van der Waals surface area contributed by atoms with Gasteiger partial charge in [0.25, 0.3) is 0 Å². The maximum absolute atomic E-state index is 12.2. The number of H-pyrrole nitrogens is 1. The van der Waals surface area contributed by atoms with E-state index < -0.39 is 11.2 Å². The van der Waals surface area contributed by atoms with E-state index in [-0.39, 0.29) is 5.76 Å². The van der Waals surface area contributed by atoms with Gasteiger partial charge in [0, 0.05) is 40.2 Å². The van der Waals surface area contributed by atoms with Crippen molar-refractivity contribution in [1.29, 1.82) is 0 Å². The molecular formula is C24H20N4O3S. The Bertz CT molecular complexity index is 1480. The van der Waals surface area contributed by atoms with Crippen LogP contribution in [0.2, 0.25) is 0 Å². The molecular weight excluding hydrogens is 424 g/mol. The van der Waals surface area contributed by atoms with Crippen LogP contribution in [0.15, 0.2) is 63.3 Å². The fourth-order valence-electron chi connectivity index (χ4n) is 3.87. The van der Waals surface area contributed by atoms with Crippen LogP contribution in [-0.4, -0.2) is 24.6 Å². The first kappa shape index (κ1) is 20.0. The number of aromatic hydroxyl groups is 1. The average molecular weight is 445 g/mol. The quantitative estimate of drug-likeness (QED) is 0.395. The first-order chi connectivity index (χ1) is 15.4. The van der Waals surface area contributed by atoms with E-state index in [0.717, 1.165) is 27.6 Å². The molecule has 160 valence electrons. The SMILES string of the molecule is Cc1cc(=O)c(O)c(-c2[nH]c(-c3cc(C)n(-c4nccs4)c3C)nc2-c2ccccc2)o1. The predicted octanol–water partition coefficient (Wildman–Crippen LogP) is 5.24. The van der Waals surface area contributed by atoms with Crippen molar-refractivity contribution in [3.63, 3.8) is 0 Å². The fraction of sp³-hybridized carbons (Fsp3) is 0.125. The smallest absolute Gasteiger partial charge is 0.227 e. The molecule has 0 atom stereocenters. The lowest BCUT2D eigenvalue weighted by Crippen LogP contribution is -2.01. The van der Waals surface area contributed by atoms with Gasteiger partial charge < -0.3 is 14.5 Å². The van der Waals surface area contributed by atoms with Crippen molar-refractivity contribution in [2.24, 2.45) is 0 Å². The summed E-state index contributed by atoms with van der Waals surface area (Å²) in [6, 6.07) is 12.9. The summed E-state index contributed by atoms with van der Waals surface area (Å²) in [4.78, 5) is 24.8. The van der Waals surface area contributed by atoms with Crippen LogP contribution < -0.4 is 5.43 Å². The van der Waals surface area contributed by atoms with Gasteiger partial charge in [-0.15, -0.1) is 11.3 Å². The molecule has 4 aromatic heterocycles. The molecule has 7 nitrogen and oxygen atoms in total. The van der Waals surface area contributed by atoms with E-state index in [1.165, 1.54) is 6.07 Å². The van der Waals surface area contributed by atoms with E-state index in [1.807, 2.05) is 55.6 Å². The molecule has 0 spiro atoms. The Morgan fingerprint density at radius 3 is 2.62 bits per heavy atom. The number of aryl methyl sites for hydroxylation is 2. The van der Waals surface area contributed by atoms with Gasteiger partial charge in [-0.1, -0.05) is 30.3 Å². The molecule has 8 heteroatoms. The van der Waals surface area contributed by atoms with E-state index in [2.05, 4.69) is 14.5 Å². The Kier molecular flexibility index (Phi) is 4.79. The van der Waals surface area contributed by atoms with E-state index in [9.17, 15) is 9.90 Å². The minimum atomic E-state index is -0.499. The van der Waals surface area contributed by atoms with Gasteiger partial charge in [0.1, 0.15) is 23.0 Å². The van der Waals surface area contributed by atoms with Crippen molar-refractivity contribution >= 4 is 11.3 Å². The lowest BCUT2D eigenvalue weighted by Gasteiger charge is -2.05. The Morgan fingerprint density at radius 2 is 1.91 bits per heavy atom. The van der Waals surface area contributed by atoms with Crippen molar-refractivity contribution in [2.75, 3.05) is 0 Å². The highest BCUT2D eigenvalue weighted by Gasteiger charge is 2.24. The van der Waals surface area contributed by atoms with Gasteiger partial charge in [-0.2, -0.15) is 0 Å². The zero-order valence-electron chi connectivity index (χ0n) is 17.7. The molecule has 0 saturated heterocycles. The van der Waals surface area contributed by atoms with Crippen LogP contribution in [0.25, 0.3) is 39.2 Å². The van der Waals surface area contributed by atoms with E-state index in [1.54, 1.807) is 24.5 Å². The summed E-state index contributed by atoms with van der Waals surface area (Å²) in [5.74, 6) is 0.635. The van der Waals surface area contributed by atoms with Crippen LogP contribution in [0.3, 0.4) is 0 Å². The molecule has 0 radical (unpaired) electrons. The van der Waals surface area contributed by atoms with Crippen LogP contribution in [-0.2, 0) is 0 Å². The number of nitrogens with zero attached hydrogens (tertiary/aromatic N) is 3. The highest BCUT2D eigenvalue weighted by molar-refractivity contribution is 7.12. The summed E-state index contributed by atoms with van der Waals surface area (Å²) < 4.78 is 7.85. The first-order valence-electron chi connectivity index (χ1n) is 10.0. The summed E-state index contributed by atoms with van der Waals surface area (Å²) >= 11 is 1.56. The number of benzene rings is 1. The molecule has 5 rings (SSSR count). The maximum Gasteiger partial charge on any atom is 0.227 e. The number of imidazole rings is 1. The number of aromatic amines is 1. The summed E-state index contributed by atoms with van der Waals surface area (Å²) in [5, 5.41) is 13.3. The Morgan fingerprint density at radius 1 is 1.12 bits per heavy atom. The fourth-order valence-corrected chi connectivity index (χ4v) is 4.62. The molecule has 0 aliphatic carbocycles. The predicted molar refractivity (Wildman–Crippen MR) is 124 cm³/mol. The van der Waals surface area contributed by atoms with Gasteiger partial charge in [-0.05, 0) is 26.8 Å². The molecule has 32 heavy (non-hydrogen) atoms. The van der Waals surface area contributed by atoms with Crippen LogP contribution in [0, 0.1) is 20.8 Å². The molecule has 5 aromatic rings. The lowest BCUT2D eigenvalue weighted by atomic mass is 10.1. The molecule has 0 saturated carbocycles. The third-order valence-electron chi connectivity index (χ3n) is 5.32. The van der Waals surface area contributed by atoms with Crippen LogP contribution in [0.5, 0.6) is 5.75 Å². The Labute approximate surface area is 187 Å². The largest absolute Gasteiger partial charge is 0.501 e. The van der Waals surface area contributed by atoms with E-state index in [0.29, 0.717) is 23.0 Å². The molecule has 0 aliphatic rings. The summed E-state index contributed by atoms with van der Waals surface area (Å²) in [5.41, 5.74) is 4.27. The second-order valence-electron chi connectivity index (χ2n) is 7.51. The van der Waals surface area contributed by atoms with E-state index in [4.69, 9.17) is 9.40 Å². The van der Waals surface area contributed by atoms with Crippen molar-refractivity contribution in [3.05, 3.63) is 81.4 Å². The summed E-state index contributed by atoms with van der Waals surface area (Å²) in [6.45, 7) is 5.70. The zero-order valence-corrected chi connectivity index (χ0v) is 18.5. The standard InChI is InChI=1S/C24H20N4O3S/c1-13-11-17(15(3)28(13)24-25-9-10-32-24)23-26-19(16-7-5-4-6-8-16)20(27-23)22-21(30)18(29)12-14(2)31-22/h4-12,30H,1-3H3,(H,26,27). The second-order valence-corrected chi connectivity index (χ2v) is 8.38. The van der Waals surface area contributed by atoms with Gasteiger partial charge in [-0.3, -0.25) is 9.36 Å². The Balaban J connectivity index is 1.75. The van der Waals surface area contributed by atoms with Crippen molar-refractivity contribution in [3.8, 4) is 45.0 Å². The van der Waals surface area contributed by atoms with Crippen LogP contribution in [0.1, 0.15) is 17.1 Å². The average Bonchev–Trinajstić information content (AvgIpc) is 3.50. The number of thiazole rings is 1. The molecule has 0 fully saturated rings. The minimum absolute atomic E-state index is 0.0707. The van der Waals surface area contributed by atoms with Gasteiger partial charge in [-0.25, -0.2) is 9.97 Å². The maximum atomic E-state index is 12.2. The van der Waals surface area contributed by atoms with Gasteiger partial charge >= 0.3 is 0 Å². The molecule has 2 N–H and O–H groups in total. The van der Waals surface area contributed by atoms with E-state index >= 15 is 0 Å². The zero-order chi connectivity index (χ0) is 22.4. The lowest BCUT2D eigenvalue weighted by molar-refractivity contribution is 0.429. The highest BCUT2D eigenvalue weighted by Crippen LogP contribution is 2.38. The summed E-state index contributed by atoms with van der Waals surface area (Å²) in [7, 11) is 0. The normalized spacial score (nSPS) is 11.2. The topological polar surface area (TPSA) is 96.9 Å². The van der Waals surface area contributed by atoms with Gasteiger partial charge in [0.05, 0.1) is 0 Å². The molecule has 0 unspecified atom stereocenters. The van der Waals surface area contributed by atoms with Crippen molar-refractivity contribution in [1.82, 2.24) is 19.5 Å². The van der Waals surface area contributed by atoms with Crippen LogP contribution >= 0.6 is 11.3 Å². The molecule has 1 aromatic carbocycles. The number of hydrogen-bond acceptors (Lipinski definition) is 6. The number of rotatable bonds is 4. The monoisotopic (exact) mass is 444 g/mol. The molecule has 0 bridgehead atoms. The molecule has 0 amide bonds. The van der Waals surface area contributed by atoms with Crippen molar-refractivity contribution in [2.45, 2.75) is 20.8 Å². The minimum Gasteiger partial charge on any atom is -0.501 e. The highest BCUT2D eigenvalue weighted by atomic mass is 32.1. The third kappa shape index (κ3) is 3.25. The first-order valence-corrected chi connectivity index (χ1v) is 10.9. The third-order valence-corrected chi connectivity index (χ3v) is 6.08. The van der Waals surface area contributed by atoms with Crippen molar-refractivity contribution < 1.29 is 9.52 Å². The Hall–Kier alpha value is -3.91. The summed E-state index contributed by atoms with van der Waals surface area (Å²) in [6.07, 6.45) is 1.78. The number of hydrogen-bond donors (Lipinski definition) is 2.